The van der Waals surface area contributed by atoms with E-state index in [4.69, 9.17) is 11.6 Å². The Labute approximate surface area is 271 Å². The Kier molecular flexibility index (Phi) is 9.76. The number of likely N-dealkylation sites (tertiary alicyclic amines) is 1. The first-order valence-electron chi connectivity index (χ1n) is 14.6. The highest BCUT2D eigenvalue weighted by molar-refractivity contribution is 9.09. The van der Waals surface area contributed by atoms with E-state index in [0.717, 1.165) is 12.0 Å². The highest BCUT2D eigenvalue weighted by atomic mass is 79.9. The van der Waals surface area contributed by atoms with Crippen LogP contribution < -0.4 is 4.90 Å². The van der Waals surface area contributed by atoms with E-state index in [2.05, 4.69) is 29.1 Å². The Morgan fingerprint density at radius 3 is 2.44 bits per heavy atom. The summed E-state index contributed by atoms with van der Waals surface area (Å²) in [4.78, 5) is 48.8. The Morgan fingerprint density at radius 1 is 1.14 bits per heavy atom. The van der Waals surface area contributed by atoms with Gasteiger partial charge >= 0.3 is 0 Å². The number of hydrogen-bond donors (Lipinski definition) is 1. The number of rotatable bonds is 12. The summed E-state index contributed by atoms with van der Waals surface area (Å²) < 4.78 is -0.887. The summed E-state index contributed by atoms with van der Waals surface area (Å²) >= 11 is 12.0. The van der Waals surface area contributed by atoms with E-state index in [-0.39, 0.29) is 41.0 Å². The molecule has 43 heavy (non-hydrogen) atoms. The van der Waals surface area contributed by atoms with Gasteiger partial charge < -0.3 is 19.8 Å². The molecule has 7 nitrogen and oxygen atoms in total. The summed E-state index contributed by atoms with van der Waals surface area (Å²) in [5.74, 6) is -2.02. The van der Waals surface area contributed by atoms with E-state index in [1.54, 1.807) is 56.8 Å². The molecule has 3 heterocycles. The molecule has 2 aromatic carbocycles. The van der Waals surface area contributed by atoms with Gasteiger partial charge in [0.05, 0.1) is 39.9 Å². The molecule has 3 fully saturated rings. The monoisotopic (exact) mass is 685 g/mol. The lowest BCUT2D eigenvalue weighted by molar-refractivity contribution is -0.145. The number of carbonyl (C=O) groups is 3. The molecule has 228 valence electrons. The molecule has 2 aromatic rings. The number of halogens is 2. The number of para-hydroxylation sites is 1. The lowest BCUT2D eigenvalue weighted by Crippen LogP contribution is -2.56. The lowest BCUT2D eigenvalue weighted by Gasteiger charge is -2.40. The van der Waals surface area contributed by atoms with E-state index in [9.17, 15) is 19.5 Å². The van der Waals surface area contributed by atoms with Crippen molar-refractivity contribution < 1.29 is 19.5 Å². The topological polar surface area (TPSA) is 81.2 Å². The number of thioether (sulfide) groups is 1. The zero-order valence-electron chi connectivity index (χ0n) is 24.1. The predicted molar refractivity (Wildman–Crippen MR) is 176 cm³/mol. The number of alkyl halides is 1. The molecule has 3 saturated heterocycles. The first kappa shape index (κ1) is 31.8. The van der Waals surface area contributed by atoms with Crippen molar-refractivity contribution in [2.45, 2.75) is 46.7 Å². The highest BCUT2D eigenvalue weighted by Crippen LogP contribution is 2.69. The molecule has 3 amide bonds. The molecule has 0 aromatic heterocycles. The first-order chi connectivity index (χ1) is 20.7. The highest BCUT2D eigenvalue weighted by Gasteiger charge is 2.76. The van der Waals surface area contributed by atoms with Crippen molar-refractivity contribution in [1.29, 1.82) is 0 Å². The maximum atomic E-state index is 14.9. The number of aliphatic hydroxyl groups excluding tert-OH is 1. The Hall–Kier alpha value is -2.59. The van der Waals surface area contributed by atoms with Crippen LogP contribution in [0.3, 0.4) is 0 Å². The van der Waals surface area contributed by atoms with Crippen molar-refractivity contribution in [2.24, 2.45) is 11.8 Å². The molecule has 7 atom stereocenters. The van der Waals surface area contributed by atoms with Crippen molar-refractivity contribution in [3.63, 3.8) is 0 Å². The van der Waals surface area contributed by atoms with Crippen LogP contribution in [0, 0.1) is 11.8 Å². The number of hydrogen-bond acceptors (Lipinski definition) is 5. The minimum absolute atomic E-state index is 0.0737. The third kappa shape index (κ3) is 5.36. The quantitative estimate of drug-likeness (QED) is 0.236. The first-order valence-corrected chi connectivity index (χ1v) is 16.8. The van der Waals surface area contributed by atoms with Crippen molar-refractivity contribution in [3.05, 3.63) is 90.5 Å². The number of aliphatic hydroxyl groups is 1. The van der Waals surface area contributed by atoms with Crippen molar-refractivity contribution in [3.8, 4) is 0 Å². The van der Waals surface area contributed by atoms with E-state index in [0.29, 0.717) is 30.2 Å². The maximum absolute atomic E-state index is 14.9. The normalized spacial score (nSPS) is 28.0. The fourth-order valence-electron chi connectivity index (χ4n) is 7.18. The fraction of sp³-hybridized carbons (Fsp3) is 0.424. The fourth-order valence-corrected chi connectivity index (χ4v) is 11.0. The zero-order chi connectivity index (χ0) is 30.9. The number of benzene rings is 2. The van der Waals surface area contributed by atoms with Crippen LogP contribution in [0.4, 0.5) is 5.69 Å². The van der Waals surface area contributed by atoms with Gasteiger partial charge in [-0.15, -0.1) is 24.9 Å². The smallest absolute Gasteiger partial charge is 0.251 e. The minimum Gasteiger partial charge on any atom is -0.394 e. The largest absolute Gasteiger partial charge is 0.394 e. The van der Waals surface area contributed by atoms with Gasteiger partial charge in [0, 0.05) is 29.7 Å². The number of fused-ring (bicyclic) bond motifs is 1. The molecule has 0 saturated carbocycles. The van der Waals surface area contributed by atoms with Crippen LogP contribution >= 0.6 is 39.3 Å². The van der Waals surface area contributed by atoms with Crippen LogP contribution in [0.5, 0.6) is 0 Å². The van der Waals surface area contributed by atoms with E-state index in [1.165, 1.54) is 0 Å². The number of carbonyl (C=O) groups excluding carboxylic acids is 3. The third-order valence-corrected chi connectivity index (χ3v) is 12.4. The molecule has 10 heteroatoms. The molecule has 5 rings (SSSR count). The zero-order valence-corrected chi connectivity index (χ0v) is 27.3. The molecular weight excluding hydrogens is 650 g/mol. The SMILES string of the molecule is C=CCN(CCC)C(=O)[C@H]1[C@H]2C(=O)N([C@H](CO)c3ccccc3)C(C(=O)N(CC=C)c3ccccc3Cl)C23CC(Br)[C@@H]1S3. The number of nitrogens with zero attached hydrogens (tertiary/aromatic N) is 3. The molecule has 3 aliphatic heterocycles. The average Bonchev–Trinajstić information content (AvgIpc) is 3.60. The Morgan fingerprint density at radius 2 is 1.81 bits per heavy atom. The standard InChI is InChI=1S/C33H37BrClN3O4S/c1-4-16-36(17-5-2)30(40)26-27-31(41)38(25(20-39)21-12-8-7-9-13-21)29(33(27)19-22(34)28(26)43-33)32(42)37(18-6-3)24-15-11-10-14-23(24)35/h4,6-15,22,25-29,39H,1,3,5,16-20H2,2H3/t22?,25-,26+,27+,28+,29?,33?/m1/s1. The molecule has 2 bridgehead atoms. The summed E-state index contributed by atoms with van der Waals surface area (Å²) in [7, 11) is 0. The Balaban J connectivity index is 1.67. The van der Waals surface area contributed by atoms with Gasteiger partial charge in [0.25, 0.3) is 5.91 Å². The van der Waals surface area contributed by atoms with E-state index in [1.807, 2.05) is 43.3 Å². The van der Waals surface area contributed by atoms with Crippen molar-refractivity contribution in [2.75, 3.05) is 31.1 Å². The van der Waals surface area contributed by atoms with Crippen LogP contribution in [-0.2, 0) is 14.4 Å². The molecule has 3 unspecified atom stereocenters. The summed E-state index contributed by atoms with van der Waals surface area (Å²) in [5.41, 5.74) is 1.24. The van der Waals surface area contributed by atoms with Gasteiger partial charge in [0.2, 0.25) is 11.8 Å². The molecule has 0 aliphatic carbocycles. The second kappa shape index (κ2) is 13.2. The van der Waals surface area contributed by atoms with Crippen LogP contribution in [0.1, 0.15) is 31.4 Å². The van der Waals surface area contributed by atoms with Gasteiger partial charge in [0.1, 0.15) is 6.04 Å². The minimum atomic E-state index is -0.953. The van der Waals surface area contributed by atoms with Crippen molar-refractivity contribution >= 4 is 62.7 Å². The summed E-state index contributed by atoms with van der Waals surface area (Å²) in [6.07, 6.45) is 4.64. The number of anilines is 1. The second-order valence-corrected chi connectivity index (χ2v) is 14.4. The summed E-state index contributed by atoms with van der Waals surface area (Å²) in [6, 6.07) is 14.6. The lowest BCUT2D eigenvalue weighted by atomic mass is 9.70. The second-order valence-electron chi connectivity index (χ2n) is 11.3. The van der Waals surface area contributed by atoms with Gasteiger partial charge in [-0.05, 0) is 30.5 Å². The molecule has 3 aliphatic rings. The van der Waals surface area contributed by atoms with Gasteiger partial charge in [-0.3, -0.25) is 14.4 Å². The van der Waals surface area contributed by atoms with E-state index >= 15 is 0 Å². The van der Waals surface area contributed by atoms with E-state index < -0.39 is 28.7 Å². The number of amides is 3. The van der Waals surface area contributed by atoms with Crippen LogP contribution in [0.15, 0.2) is 79.9 Å². The summed E-state index contributed by atoms with van der Waals surface area (Å²) in [5, 5.41) is 11.0. The Bertz CT molecular complexity index is 1400. The van der Waals surface area contributed by atoms with Crippen molar-refractivity contribution in [1.82, 2.24) is 9.80 Å². The van der Waals surface area contributed by atoms with Crippen LogP contribution in [-0.4, -0.2) is 79.7 Å². The molecule has 0 radical (unpaired) electrons. The molecule has 1 N–H and O–H groups in total. The van der Waals surface area contributed by atoms with Crippen LogP contribution in [0.25, 0.3) is 0 Å². The van der Waals surface area contributed by atoms with Gasteiger partial charge in [-0.25, -0.2) is 0 Å². The average molecular weight is 687 g/mol. The summed E-state index contributed by atoms with van der Waals surface area (Å²) in [6.45, 7) is 10.5. The maximum Gasteiger partial charge on any atom is 0.251 e. The molecule has 1 spiro atoms. The third-order valence-electron chi connectivity index (χ3n) is 8.81. The van der Waals surface area contributed by atoms with Gasteiger partial charge in [0.15, 0.2) is 0 Å². The van der Waals surface area contributed by atoms with Gasteiger partial charge in [-0.1, -0.05) is 89.1 Å². The van der Waals surface area contributed by atoms with Crippen LogP contribution in [0.2, 0.25) is 5.02 Å². The predicted octanol–water partition coefficient (Wildman–Crippen LogP) is 5.48. The molecular formula is C33H37BrClN3O4S. The van der Waals surface area contributed by atoms with Gasteiger partial charge in [-0.2, -0.15) is 0 Å².